The van der Waals surface area contributed by atoms with Crippen LogP contribution in [0, 0.1) is 58.7 Å². The van der Waals surface area contributed by atoms with Crippen molar-refractivity contribution in [3.63, 3.8) is 0 Å². The number of esters is 1. The third-order valence-electron chi connectivity index (χ3n) is 11.7. The second-order valence-electron chi connectivity index (χ2n) is 13.0. The molecule has 0 aromatic carbocycles. The molecular weight excluding hydrogens is 675 g/mol. The molecule has 4 saturated carbocycles. The van der Waals surface area contributed by atoms with E-state index in [1.807, 2.05) is 0 Å². The van der Waals surface area contributed by atoms with E-state index in [-0.39, 0.29) is 122 Å². The molecule has 36 heavy (non-hydrogen) atoms. The standard InChI is InChI=1S/C30H50O3.3Y/c1-7-23(8-2)33-27(32)14-9-20(3)24-12-13-25-26-11-10-21-19-22(31)15-16-29(21,5)30(26,6)18-17-28(24,25)4;;;/h11,17,20-26,31H,7-10,12-16,18-19H2,1-6H3;;;/q-2;;;/t20-,21?,22-,24-,25+,26?,28-,29+,30+;;;/m1.../s1. The van der Waals surface area contributed by atoms with E-state index >= 15 is 0 Å². The van der Waals surface area contributed by atoms with Crippen LogP contribution in [0.1, 0.15) is 112 Å². The molecule has 9 atom stereocenters. The van der Waals surface area contributed by atoms with E-state index in [1.165, 1.54) is 32.1 Å². The Bertz CT molecular complexity index is 716. The molecule has 199 valence electrons. The van der Waals surface area contributed by atoms with Crippen molar-refractivity contribution in [1.29, 1.82) is 0 Å². The van der Waals surface area contributed by atoms with Crippen LogP contribution in [0.5, 0.6) is 0 Å². The van der Waals surface area contributed by atoms with Crippen LogP contribution in [0.25, 0.3) is 0 Å². The topological polar surface area (TPSA) is 46.5 Å². The first-order chi connectivity index (χ1) is 15.6. The Morgan fingerprint density at radius 2 is 1.72 bits per heavy atom. The Morgan fingerprint density at radius 3 is 2.36 bits per heavy atom. The zero-order valence-corrected chi connectivity index (χ0v) is 32.5. The van der Waals surface area contributed by atoms with Crippen LogP contribution in [0.3, 0.4) is 0 Å². The van der Waals surface area contributed by atoms with Crippen molar-refractivity contribution in [3.8, 4) is 0 Å². The molecule has 0 aromatic heterocycles. The maximum Gasteiger partial charge on any atom is 0.306 e. The van der Waals surface area contributed by atoms with Crippen LogP contribution in [0.2, 0.25) is 0 Å². The van der Waals surface area contributed by atoms with Gasteiger partial charge in [-0.25, -0.2) is 0 Å². The third kappa shape index (κ3) is 6.69. The molecule has 4 aliphatic rings. The van der Waals surface area contributed by atoms with Crippen LogP contribution in [-0.4, -0.2) is 23.3 Å². The maximum absolute atomic E-state index is 12.4. The van der Waals surface area contributed by atoms with E-state index in [4.69, 9.17) is 4.74 Å². The second kappa shape index (κ2) is 14.8. The van der Waals surface area contributed by atoms with Crippen LogP contribution in [-0.2, 0) is 108 Å². The van der Waals surface area contributed by atoms with Gasteiger partial charge < -0.3 is 22.7 Å². The van der Waals surface area contributed by atoms with E-state index in [1.54, 1.807) is 0 Å². The molecule has 1 N–H and O–H groups in total. The SMILES string of the molecule is CCC(CC)OC(=O)CC[C@@H](C)[C@H]1CC[C@H]2C3[CH-]CC4C[C@H](O)CC[C@]4(C)[C@@]3(C)C[CH-][C@]12C.[Y].[Y].[Y]. The number of hydrogen-bond acceptors (Lipinski definition) is 3. The van der Waals surface area contributed by atoms with Crippen molar-refractivity contribution in [3.05, 3.63) is 12.8 Å². The van der Waals surface area contributed by atoms with E-state index in [2.05, 4.69) is 54.4 Å². The summed E-state index contributed by atoms with van der Waals surface area (Å²) < 4.78 is 5.68. The fraction of sp³-hybridized carbons (Fsp3) is 0.900. The van der Waals surface area contributed by atoms with Gasteiger partial charge in [-0.3, -0.25) is 4.79 Å². The zero-order chi connectivity index (χ0) is 24.0. The van der Waals surface area contributed by atoms with Gasteiger partial charge in [0.05, 0.1) is 6.10 Å². The van der Waals surface area contributed by atoms with Crippen molar-refractivity contribution < 1.29 is 113 Å². The van der Waals surface area contributed by atoms with E-state index in [0.29, 0.717) is 40.9 Å². The molecule has 4 rings (SSSR count). The Balaban J connectivity index is 0.00000216. The molecule has 3 radical (unpaired) electrons. The van der Waals surface area contributed by atoms with Crippen LogP contribution in [0.15, 0.2) is 0 Å². The van der Waals surface area contributed by atoms with Gasteiger partial charge in [0.1, 0.15) is 6.10 Å². The zero-order valence-electron chi connectivity index (χ0n) is 24.0. The number of carbonyl (C=O) groups excluding carboxylic acids is 1. The summed E-state index contributed by atoms with van der Waals surface area (Å²) in [6.45, 7) is 14.3. The molecule has 6 heteroatoms. The van der Waals surface area contributed by atoms with Crippen LogP contribution >= 0.6 is 0 Å². The average molecular weight is 725 g/mol. The number of carbonyl (C=O) groups is 1. The van der Waals surface area contributed by atoms with Crippen molar-refractivity contribution in [2.24, 2.45) is 45.8 Å². The van der Waals surface area contributed by atoms with Gasteiger partial charge in [0, 0.05) is 105 Å². The molecule has 0 aliphatic heterocycles. The molecule has 0 saturated heterocycles. The number of aliphatic hydroxyl groups excluding tert-OH is 1. The molecule has 0 amide bonds. The number of rotatable bonds is 7. The Kier molecular flexibility index (Phi) is 15.1. The minimum atomic E-state index is -0.0946. The van der Waals surface area contributed by atoms with Crippen molar-refractivity contribution in [1.82, 2.24) is 0 Å². The van der Waals surface area contributed by atoms with E-state index in [9.17, 15) is 9.90 Å². The fourth-order valence-corrected chi connectivity index (χ4v) is 9.12. The molecule has 2 unspecified atom stereocenters. The monoisotopic (exact) mass is 725 g/mol. The summed E-state index contributed by atoms with van der Waals surface area (Å²) in [6.07, 6.45) is 16.9. The van der Waals surface area contributed by atoms with Gasteiger partial charge in [0.15, 0.2) is 0 Å². The summed E-state index contributed by atoms with van der Waals surface area (Å²) in [5, 5.41) is 10.3. The minimum Gasteiger partial charge on any atom is -0.462 e. The third-order valence-corrected chi connectivity index (χ3v) is 11.7. The van der Waals surface area contributed by atoms with Gasteiger partial charge in [-0.2, -0.15) is 24.2 Å². The maximum atomic E-state index is 12.4. The van der Waals surface area contributed by atoms with Crippen LogP contribution < -0.4 is 0 Å². The first-order valence-corrected chi connectivity index (χ1v) is 14.1. The van der Waals surface area contributed by atoms with Gasteiger partial charge in [-0.1, -0.05) is 77.6 Å². The summed E-state index contributed by atoms with van der Waals surface area (Å²) in [4.78, 5) is 12.4. The minimum absolute atomic E-state index is 0. The van der Waals surface area contributed by atoms with Gasteiger partial charge in [-0.05, 0) is 49.9 Å². The molecule has 0 bridgehead atoms. The Morgan fingerprint density at radius 1 is 1.06 bits per heavy atom. The molecule has 3 nitrogen and oxygen atoms in total. The van der Waals surface area contributed by atoms with Crippen molar-refractivity contribution >= 4 is 5.97 Å². The predicted octanol–water partition coefficient (Wildman–Crippen LogP) is 7.17. The summed E-state index contributed by atoms with van der Waals surface area (Å²) in [6, 6.07) is 0. The quantitative estimate of drug-likeness (QED) is 0.224. The first kappa shape index (κ1) is 36.8. The van der Waals surface area contributed by atoms with Gasteiger partial charge in [-0.15, -0.1) is 0 Å². The number of fused-ring (bicyclic) bond motifs is 5. The largest absolute Gasteiger partial charge is 0.462 e. The van der Waals surface area contributed by atoms with Crippen molar-refractivity contribution in [2.45, 2.75) is 124 Å². The second-order valence-corrected chi connectivity index (χ2v) is 13.0. The smallest absolute Gasteiger partial charge is 0.306 e. The van der Waals surface area contributed by atoms with Gasteiger partial charge in [0.25, 0.3) is 0 Å². The molecule has 0 aromatic rings. The Hall–Kier alpha value is 2.74. The summed E-state index contributed by atoms with van der Waals surface area (Å²) >= 11 is 0. The molecule has 4 aliphatic carbocycles. The predicted molar refractivity (Wildman–Crippen MR) is 134 cm³/mol. The average Bonchev–Trinajstić information content (AvgIpc) is 3.14. The number of aliphatic hydroxyl groups is 1. The van der Waals surface area contributed by atoms with E-state index < -0.39 is 0 Å². The van der Waals surface area contributed by atoms with Crippen molar-refractivity contribution in [2.75, 3.05) is 0 Å². The molecular formula is C30H50O3Y3-2. The summed E-state index contributed by atoms with van der Waals surface area (Å²) in [5.41, 5.74) is 0.931. The Labute approximate surface area is 298 Å². The summed E-state index contributed by atoms with van der Waals surface area (Å²) in [7, 11) is 0. The molecule has 0 spiro atoms. The molecule has 0 heterocycles. The number of hydrogen-bond donors (Lipinski definition) is 1. The number of ether oxygens (including phenoxy) is 1. The van der Waals surface area contributed by atoms with Gasteiger partial charge in [0.2, 0.25) is 0 Å². The fourth-order valence-electron chi connectivity index (χ4n) is 9.12. The normalized spacial score (nSPS) is 41.9. The molecule has 4 fully saturated rings. The first-order valence-electron chi connectivity index (χ1n) is 14.1. The summed E-state index contributed by atoms with van der Waals surface area (Å²) in [5.74, 6) is 3.25. The van der Waals surface area contributed by atoms with E-state index in [0.717, 1.165) is 38.0 Å². The van der Waals surface area contributed by atoms with Gasteiger partial charge >= 0.3 is 5.97 Å². The van der Waals surface area contributed by atoms with Crippen LogP contribution in [0.4, 0.5) is 0 Å².